The van der Waals surface area contributed by atoms with Crippen molar-refractivity contribution in [3.63, 3.8) is 0 Å². The molecule has 7 heteroatoms. The topological polar surface area (TPSA) is 71.8 Å². The second-order valence-electron chi connectivity index (χ2n) is 6.03. The number of aromatic nitrogens is 2. The Labute approximate surface area is 144 Å². The van der Waals surface area contributed by atoms with Crippen molar-refractivity contribution < 1.29 is 9.53 Å². The number of piperidine rings is 1. The summed E-state index contributed by atoms with van der Waals surface area (Å²) in [6.07, 6.45) is 5.52. The molecule has 1 aliphatic rings. The normalized spacial score (nSPS) is 16.3. The van der Waals surface area contributed by atoms with Gasteiger partial charge in [0.1, 0.15) is 0 Å². The molecule has 1 aliphatic heterocycles. The highest BCUT2D eigenvalue weighted by atomic mass is 16.5. The predicted molar refractivity (Wildman–Crippen MR) is 93.9 cm³/mol. The van der Waals surface area contributed by atoms with Gasteiger partial charge in [-0.25, -0.2) is 0 Å². The molecule has 1 aromatic rings. The average Bonchev–Trinajstić information content (AvgIpc) is 3.00. The number of ether oxygens (including phenoxy) is 1. The van der Waals surface area contributed by atoms with E-state index in [-0.39, 0.29) is 11.9 Å². The predicted octanol–water partition coefficient (Wildman–Crippen LogP) is 1.43. The molecule has 0 radical (unpaired) electrons. The molecule has 1 N–H and O–H groups in total. The summed E-state index contributed by atoms with van der Waals surface area (Å²) in [5.74, 6) is 0.882. The van der Waals surface area contributed by atoms with Crippen molar-refractivity contribution in [3.8, 4) is 0 Å². The van der Waals surface area contributed by atoms with E-state index in [2.05, 4.69) is 22.2 Å². The van der Waals surface area contributed by atoms with Crippen molar-refractivity contribution in [1.82, 2.24) is 20.0 Å². The van der Waals surface area contributed by atoms with Gasteiger partial charge in [0, 0.05) is 25.8 Å². The van der Waals surface area contributed by atoms with Crippen LogP contribution in [0.5, 0.6) is 0 Å². The van der Waals surface area contributed by atoms with Crippen LogP contribution in [-0.2, 0) is 16.1 Å². The van der Waals surface area contributed by atoms with Crippen molar-refractivity contribution in [2.45, 2.75) is 40.2 Å². The molecular formula is C17H29N5O2. The number of aryl methyl sites for hydroxylation is 1. The Balaban J connectivity index is 1.86. The summed E-state index contributed by atoms with van der Waals surface area (Å²) in [7, 11) is 0. The lowest BCUT2D eigenvalue weighted by atomic mass is 9.97. The van der Waals surface area contributed by atoms with E-state index in [4.69, 9.17) is 9.73 Å². The first-order valence-electron chi connectivity index (χ1n) is 8.83. The van der Waals surface area contributed by atoms with Crippen LogP contribution in [0.25, 0.3) is 0 Å². The lowest BCUT2D eigenvalue weighted by Crippen LogP contribution is -2.46. The second-order valence-corrected chi connectivity index (χ2v) is 6.03. The van der Waals surface area contributed by atoms with Gasteiger partial charge in [-0.3, -0.25) is 14.5 Å². The highest BCUT2D eigenvalue weighted by Crippen LogP contribution is 2.18. The first kappa shape index (κ1) is 18.3. The SMILES string of the molecule is CCNC(=NCCn1cc(C)cn1)N1CCC(C(=O)OCC)CC1. The summed E-state index contributed by atoms with van der Waals surface area (Å²) in [4.78, 5) is 18.8. The van der Waals surface area contributed by atoms with E-state index >= 15 is 0 Å². The van der Waals surface area contributed by atoms with E-state index in [0.717, 1.165) is 50.5 Å². The summed E-state index contributed by atoms with van der Waals surface area (Å²) in [5, 5.41) is 7.62. The third-order valence-electron chi connectivity index (χ3n) is 4.10. The fraction of sp³-hybridized carbons (Fsp3) is 0.706. The Hall–Kier alpha value is -2.05. The van der Waals surface area contributed by atoms with Gasteiger partial charge in [-0.15, -0.1) is 0 Å². The Bertz CT molecular complexity index is 547. The zero-order valence-electron chi connectivity index (χ0n) is 15.0. The monoisotopic (exact) mass is 335 g/mol. The Morgan fingerprint density at radius 1 is 1.42 bits per heavy atom. The number of hydrogen-bond donors (Lipinski definition) is 1. The van der Waals surface area contributed by atoms with Crippen LogP contribution in [0, 0.1) is 12.8 Å². The van der Waals surface area contributed by atoms with Crippen LogP contribution in [0.15, 0.2) is 17.4 Å². The highest BCUT2D eigenvalue weighted by Gasteiger charge is 2.27. The van der Waals surface area contributed by atoms with Gasteiger partial charge in [0.05, 0.1) is 31.8 Å². The van der Waals surface area contributed by atoms with Crippen LogP contribution < -0.4 is 5.32 Å². The second kappa shape index (κ2) is 9.30. The van der Waals surface area contributed by atoms with Gasteiger partial charge in [0.15, 0.2) is 5.96 Å². The molecule has 1 saturated heterocycles. The number of guanidine groups is 1. The minimum Gasteiger partial charge on any atom is -0.466 e. The van der Waals surface area contributed by atoms with Crippen LogP contribution >= 0.6 is 0 Å². The maximum absolute atomic E-state index is 11.8. The molecule has 0 atom stereocenters. The molecule has 0 saturated carbocycles. The number of hydrogen-bond acceptors (Lipinski definition) is 4. The summed E-state index contributed by atoms with van der Waals surface area (Å²) >= 11 is 0. The lowest BCUT2D eigenvalue weighted by molar-refractivity contribution is -0.149. The zero-order valence-corrected chi connectivity index (χ0v) is 15.0. The number of likely N-dealkylation sites (tertiary alicyclic amines) is 1. The van der Waals surface area contributed by atoms with Crippen LogP contribution in [0.4, 0.5) is 0 Å². The van der Waals surface area contributed by atoms with Crippen LogP contribution in [0.1, 0.15) is 32.3 Å². The maximum Gasteiger partial charge on any atom is 0.309 e. The van der Waals surface area contributed by atoms with E-state index in [1.807, 2.05) is 30.9 Å². The van der Waals surface area contributed by atoms with Crippen molar-refractivity contribution in [1.29, 1.82) is 0 Å². The largest absolute Gasteiger partial charge is 0.466 e. The number of nitrogens with zero attached hydrogens (tertiary/aromatic N) is 4. The van der Waals surface area contributed by atoms with Gasteiger partial charge >= 0.3 is 5.97 Å². The molecular weight excluding hydrogens is 306 g/mol. The van der Waals surface area contributed by atoms with E-state index in [1.54, 1.807) is 0 Å². The quantitative estimate of drug-likeness (QED) is 0.484. The Kier molecular flexibility index (Phi) is 7.08. The van der Waals surface area contributed by atoms with Gasteiger partial charge in [0.25, 0.3) is 0 Å². The maximum atomic E-state index is 11.8. The van der Waals surface area contributed by atoms with E-state index in [9.17, 15) is 4.79 Å². The number of esters is 1. The molecule has 0 unspecified atom stereocenters. The van der Waals surface area contributed by atoms with Crippen LogP contribution in [0.3, 0.4) is 0 Å². The first-order valence-corrected chi connectivity index (χ1v) is 8.83. The average molecular weight is 335 g/mol. The minimum absolute atomic E-state index is 0.0242. The molecule has 134 valence electrons. The van der Waals surface area contributed by atoms with Gasteiger partial charge in [-0.2, -0.15) is 5.10 Å². The third kappa shape index (κ3) is 5.25. The van der Waals surface area contributed by atoms with Gasteiger partial charge < -0.3 is 15.0 Å². The molecule has 0 bridgehead atoms. The molecule has 0 aliphatic carbocycles. The standard InChI is InChI=1S/C17H29N5O2/c1-4-18-17(19-8-11-22-13-14(3)12-20-22)21-9-6-15(7-10-21)16(23)24-5-2/h12-13,15H,4-11H2,1-3H3,(H,18,19). The lowest BCUT2D eigenvalue weighted by Gasteiger charge is -2.33. The third-order valence-corrected chi connectivity index (χ3v) is 4.10. The molecule has 7 nitrogen and oxygen atoms in total. The smallest absolute Gasteiger partial charge is 0.309 e. The minimum atomic E-state index is -0.0619. The van der Waals surface area contributed by atoms with Crippen molar-refractivity contribution in [2.24, 2.45) is 10.9 Å². The van der Waals surface area contributed by atoms with E-state index < -0.39 is 0 Å². The molecule has 2 rings (SSSR count). The molecule has 0 spiro atoms. The van der Waals surface area contributed by atoms with E-state index in [1.165, 1.54) is 0 Å². The summed E-state index contributed by atoms with van der Waals surface area (Å²) < 4.78 is 7.04. The Morgan fingerprint density at radius 2 is 2.17 bits per heavy atom. The van der Waals surface area contributed by atoms with Crippen molar-refractivity contribution in [2.75, 3.05) is 32.8 Å². The number of rotatable bonds is 6. The molecule has 2 heterocycles. The van der Waals surface area contributed by atoms with Gasteiger partial charge in [-0.1, -0.05) is 0 Å². The van der Waals surface area contributed by atoms with Crippen molar-refractivity contribution in [3.05, 3.63) is 18.0 Å². The first-order chi connectivity index (χ1) is 11.6. The fourth-order valence-corrected chi connectivity index (χ4v) is 2.86. The highest BCUT2D eigenvalue weighted by molar-refractivity contribution is 5.80. The van der Waals surface area contributed by atoms with Gasteiger partial charge in [-0.05, 0) is 39.2 Å². The van der Waals surface area contributed by atoms with E-state index in [0.29, 0.717) is 13.2 Å². The zero-order chi connectivity index (χ0) is 17.4. The van der Waals surface area contributed by atoms with Crippen molar-refractivity contribution >= 4 is 11.9 Å². The number of nitrogens with one attached hydrogen (secondary N) is 1. The van der Waals surface area contributed by atoms with Gasteiger partial charge in [0.2, 0.25) is 0 Å². The molecule has 1 aromatic heterocycles. The molecule has 0 amide bonds. The molecule has 24 heavy (non-hydrogen) atoms. The summed E-state index contributed by atoms with van der Waals surface area (Å²) in [6.45, 7) is 10.3. The number of carbonyl (C=O) groups excluding carboxylic acids is 1. The molecule has 0 aromatic carbocycles. The number of aliphatic imine (C=N–C) groups is 1. The summed E-state index contributed by atoms with van der Waals surface area (Å²) in [6, 6.07) is 0. The van der Waals surface area contributed by atoms with Crippen LogP contribution in [-0.4, -0.2) is 59.4 Å². The number of carbonyl (C=O) groups is 1. The fourth-order valence-electron chi connectivity index (χ4n) is 2.86. The van der Waals surface area contributed by atoms with Crippen LogP contribution in [0.2, 0.25) is 0 Å². The Morgan fingerprint density at radius 3 is 2.75 bits per heavy atom. The summed E-state index contributed by atoms with van der Waals surface area (Å²) in [5.41, 5.74) is 1.16. The molecule has 1 fully saturated rings.